The Labute approximate surface area is 121 Å². The molecule has 1 aliphatic rings. The van der Waals surface area contributed by atoms with E-state index in [-0.39, 0.29) is 12.4 Å². The number of benzene rings is 1. The molecule has 6 heteroatoms. The molecule has 0 saturated heterocycles. The molecule has 0 amide bonds. The minimum atomic E-state index is -0.961. The van der Waals surface area contributed by atoms with E-state index in [2.05, 4.69) is 5.10 Å². The van der Waals surface area contributed by atoms with Gasteiger partial charge in [0.15, 0.2) is 11.5 Å². The first-order chi connectivity index (χ1) is 10.1. The van der Waals surface area contributed by atoms with Crippen molar-refractivity contribution in [1.82, 2.24) is 9.78 Å². The van der Waals surface area contributed by atoms with Crippen LogP contribution in [-0.4, -0.2) is 27.6 Å². The highest BCUT2D eigenvalue weighted by molar-refractivity contribution is 5.88. The number of aromatic nitrogens is 2. The van der Waals surface area contributed by atoms with Gasteiger partial charge in [-0.2, -0.15) is 5.10 Å². The lowest BCUT2D eigenvalue weighted by Crippen LogP contribution is -2.09. The zero-order chi connectivity index (χ0) is 15.0. The van der Waals surface area contributed by atoms with Crippen molar-refractivity contribution in [3.8, 4) is 17.2 Å². The number of aromatic carboxylic acids is 1. The summed E-state index contributed by atoms with van der Waals surface area (Å²) in [5.74, 6) is 0.704. The average Bonchev–Trinajstić information content (AvgIpc) is 3.03. The van der Waals surface area contributed by atoms with Gasteiger partial charge in [-0.15, -0.1) is 0 Å². The zero-order valence-electron chi connectivity index (χ0n) is 11.9. The molecule has 6 nitrogen and oxygen atoms in total. The third kappa shape index (κ3) is 2.44. The number of carboxylic acids is 1. The van der Waals surface area contributed by atoms with E-state index in [0.29, 0.717) is 29.5 Å². The smallest absolute Gasteiger partial charge is 0.339 e. The molecule has 110 valence electrons. The molecule has 0 aliphatic carbocycles. The van der Waals surface area contributed by atoms with E-state index in [9.17, 15) is 9.90 Å². The van der Waals surface area contributed by atoms with Gasteiger partial charge in [0.2, 0.25) is 6.79 Å². The van der Waals surface area contributed by atoms with Gasteiger partial charge < -0.3 is 14.6 Å². The molecular weight excluding hydrogens is 272 g/mol. The highest BCUT2D eigenvalue weighted by Crippen LogP contribution is 2.34. The topological polar surface area (TPSA) is 73.6 Å². The van der Waals surface area contributed by atoms with Crippen molar-refractivity contribution in [3.63, 3.8) is 0 Å². The predicted octanol–water partition coefficient (Wildman–Crippen LogP) is 2.50. The normalized spacial score (nSPS) is 12.9. The Morgan fingerprint density at radius 1 is 1.38 bits per heavy atom. The van der Waals surface area contributed by atoms with E-state index in [1.54, 1.807) is 10.7 Å². The summed E-state index contributed by atoms with van der Waals surface area (Å²) in [6, 6.07) is 5.46. The maximum absolute atomic E-state index is 11.3. The molecular formula is C15H16N2O4. The van der Waals surface area contributed by atoms with E-state index in [4.69, 9.17) is 9.47 Å². The van der Waals surface area contributed by atoms with E-state index in [1.165, 1.54) is 6.20 Å². The minimum absolute atomic E-state index is 0.205. The summed E-state index contributed by atoms with van der Waals surface area (Å²) in [5.41, 5.74) is 1.69. The Balaban J connectivity index is 2.07. The Bertz CT molecular complexity index is 691. The van der Waals surface area contributed by atoms with Gasteiger partial charge in [-0.3, -0.25) is 0 Å². The number of carboxylic acid groups (broad SMARTS) is 1. The molecule has 2 heterocycles. The fourth-order valence-electron chi connectivity index (χ4n) is 2.38. The summed E-state index contributed by atoms with van der Waals surface area (Å²) in [4.78, 5) is 11.3. The second kappa shape index (κ2) is 5.12. The van der Waals surface area contributed by atoms with Crippen molar-refractivity contribution in [2.75, 3.05) is 6.79 Å². The summed E-state index contributed by atoms with van der Waals surface area (Å²) in [5, 5.41) is 13.5. The van der Waals surface area contributed by atoms with Crippen molar-refractivity contribution in [2.24, 2.45) is 5.92 Å². The first-order valence-corrected chi connectivity index (χ1v) is 6.76. The van der Waals surface area contributed by atoms with Gasteiger partial charge in [-0.1, -0.05) is 13.8 Å². The molecule has 3 rings (SSSR count). The third-order valence-electron chi connectivity index (χ3n) is 3.30. The van der Waals surface area contributed by atoms with Crippen LogP contribution in [0.4, 0.5) is 0 Å². The standard InChI is InChI=1S/C15H16N2O4/c1-9(2)5-12-11(15(18)19)7-16-17(12)10-3-4-13-14(6-10)21-8-20-13/h3-4,6-7,9H,5,8H2,1-2H3,(H,18,19). The number of hydrogen-bond acceptors (Lipinski definition) is 4. The first kappa shape index (κ1) is 13.5. The monoisotopic (exact) mass is 288 g/mol. The number of fused-ring (bicyclic) bond motifs is 1. The summed E-state index contributed by atoms with van der Waals surface area (Å²) in [6.45, 7) is 4.29. The van der Waals surface area contributed by atoms with Crippen LogP contribution in [-0.2, 0) is 6.42 Å². The van der Waals surface area contributed by atoms with E-state index in [1.807, 2.05) is 26.0 Å². The summed E-state index contributed by atoms with van der Waals surface area (Å²) in [7, 11) is 0. The summed E-state index contributed by atoms with van der Waals surface area (Å²) in [6.07, 6.45) is 2.03. The molecule has 1 aliphatic heterocycles. The Kier molecular flexibility index (Phi) is 3.29. The molecule has 0 atom stereocenters. The van der Waals surface area contributed by atoms with Crippen molar-refractivity contribution in [1.29, 1.82) is 0 Å². The van der Waals surface area contributed by atoms with Gasteiger partial charge in [0, 0.05) is 6.07 Å². The first-order valence-electron chi connectivity index (χ1n) is 6.76. The van der Waals surface area contributed by atoms with Crippen LogP contribution in [0.3, 0.4) is 0 Å². The van der Waals surface area contributed by atoms with Gasteiger partial charge in [-0.05, 0) is 24.5 Å². The van der Waals surface area contributed by atoms with Crippen LogP contribution in [0.25, 0.3) is 5.69 Å². The van der Waals surface area contributed by atoms with Crippen LogP contribution >= 0.6 is 0 Å². The lowest BCUT2D eigenvalue weighted by molar-refractivity contribution is 0.0695. The van der Waals surface area contributed by atoms with Crippen LogP contribution in [0.2, 0.25) is 0 Å². The molecule has 21 heavy (non-hydrogen) atoms. The second-order valence-electron chi connectivity index (χ2n) is 5.36. The van der Waals surface area contributed by atoms with Crippen LogP contribution in [0, 0.1) is 5.92 Å². The number of nitrogens with zero attached hydrogens (tertiary/aromatic N) is 2. The fraction of sp³-hybridized carbons (Fsp3) is 0.333. The third-order valence-corrected chi connectivity index (χ3v) is 3.30. The molecule has 2 aromatic rings. The number of hydrogen-bond donors (Lipinski definition) is 1. The molecule has 0 fully saturated rings. The van der Waals surface area contributed by atoms with E-state index < -0.39 is 5.97 Å². The van der Waals surface area contributed by atoms with Crippen LogP contribution in [0.5, 0.6) is 11.5 Å². The fourth-order valence-corrected chi connectivity index (χ4v) is 2.38. The Hall–Kier alpha value is -2.50. The molecule has 0 spiro atoms. The van der Waals surface area contributed by atoms with Gasteiger partial charge in [0.1, 0.15) is 5.56 Å². The minimum Gasteiger partial charge on any atom is -0.478 e. The SMILES string of the molecule is CC(C)Cc1c(C(=O)O)cnn1-c1ccc2c(c1)OCO2. The lowest BCUT2D eigenvalue weighted by atomic mass is 10.0. The van der Waals surface area contributed by atoms with Crippen LogP contribution in [0.1, 0.15) is 29.9 Å². The predicted molar refractivity (Wildman–Crippen MR) is 75.2 cm³/mol. The van der Waals surface area contributed by atoms with Crippen LogP contribution in [0.15, 0.2) is 24.4 Å². The average molecular weight is 288 g/mol. The number of ether oxygens (including phenoxy) is 2. The van der Waals surface area contributed by atoms with Crippen molar-refractivity contribution in [2.45, 2.75) is 20.3 Å². The molecule has 1 aromatic carbocycles. The molecule has 1 N–H and O–H groups in total. The Morgan fingerprint density at radius 2 is 2.14 bits per heavy atom. The molecule has 0 unspecified atom stereocenters. The maximum atomic E-state index is 11.3. The molecule has 1 aromatic heterocycles. The quantitative estimate of drug-likeness (QED) is 0.935. The summed E-state index contributed by atoms with van der Waals surface area (Å²) < 4.78 is 12.3. The molecule has 0 radical (unpaired) electrons. The highest BCUT2D eigenvalue weighted by atomic mass is 16.7. The van der Waals surface area contributed by atoms with E-state index >= 15 is 0 Å². The number of carbonyl (C=O) groups is 1. The van der Waals surface area contributed by atoms with Crippen LogP contribution < -0.4 is 9.47 Å². The molecule has 0 bridgehead atoms. The maximum Gasteiger partial charge on any atom is 0.339 e. The van der Waals surface area contributed by atoms with Crippen molar-refractivity contribution >= 4 is 5.97 Å². The summed E-state index contributed by atoms with van der Waals surface area (Å²) >= 11 is 0. The highest BCUT2D eigenvalue weighted by Gasteiger charge is 2.20. The Morgan fingerprint density at radius 3 is 2.86 bits per heavy atom. The van der Waals surface area contributed by atoms with Gasteiger partial charge in [0.25, 0.3) is 0 Å². The number of rotatable bonds is 4. The van der Waals surface area contributed by atoms with Crippen molar-refractivity contribution in [3.05, 3.63) is 35.7 Å². The van der Waals surface area contributed by atoms with Gasteiger partial charge in [0.05, 0.1) is 17.6 Å². The largest absolute Gasteiger partial charge is 0.478 e. The zero-order valence-corrected chi connectivity index (χ0v) is 11.9. The lowest BCUT2D eigenvalue weighted by Gasteiger charge is -2.11. The van der Waals surface area contributed by atoms with E-state index in [0.717, 1.165) is 5.69 Å². The molecule has 0 saturated carbocycles. The van der Waals surface area contributed by atoms with Crippen molar-refractivity contribution < 1.29 is 19.4 Å². The second-order valence-corrected chi connectivity index (χ2v) is 5.36. The van der Waals surface area contributed by atoms with Gasteiger partial charge >= 0.3 is 5.97 Å². The van der Waals surface area contributed by atoms with Gasteiger partial charge in [-0.25, -0.2) is 9.48 Å².